The molecule has 0 aliphatic rings. The number of nitrogens with zero attached hydrogens (tertiary/aromatic N) is 1. The zero-order valence-electron chi connectivity index (χ0n) is 10.2. The van der Waals surface area contributed by atoms with Crippen LogP contribution in [0.25, 0.3) is 0 Å². The first-order valence-corrected chi connectivity index (χ1v) is 5.85. The van der Waals surface area contributed by atoms with Gasteiger partial charge in [0, 0.05) is 6.54 Å². The largest absolute Gasteiger partial charge is 0.392 e. The Hall–Kier alpha value is -2.38. The average molecular weight is 256 g/mol. The molecule has 0 bridgehead atoms. The van der Waals surface area contributed by atoms with Crippen molar-refractivity contribution in [3.63, 3.8) is 0 Å². The van der Waals surface area contributed by atoms with E-state index in [1.54, 1.807) is 12.1 Å². The summed E-state index contributed by atoms with van der Waals surface area (Å²) in [6.07, 6.45) is 0. The van der Waals surface area contributed by atoms with Gasteiger partial charge in [0.15, 0.2) is 0 Å². The third-order valence-corrected chi connectivity index (χ3v) is 2.79. The van der Waals surface area contributed by atoms with Crippen LogP contribution in [0.4, 0.5) is 10.1 Å². The summed E-state index contributed by atoms with van der Waals surface area (Å²) >= 11 is 0. The normalized spacial score (nSPS) is 9.95. The van der Waals surface area contributed by atoms with E-state index in [0.29, 0.717) is 17.8 Å². The molecule has 0 atom stereocenters. The molecule has 0 aliphatic heterocycles. The molecule has 19 heavy (non-hydrogen) atoms. The molecule has 4 heteroatoms. The zero-order chi connectivity index (χ0) is 13.7. The van der Waals surface area contributed by atoms with Gasteiger partial charge in [-0.25, -0.2) is 4.39 Å². The van der Waals surface area contributed by atoms with Crippen LogP contribution in [0.5, 0.6) is 0 Å². The number of aliphatic hydroxyl groups excluding tert-OH is 1. The number of hydrogen-bond acceptors (Lipinski definition) is 3. The fourth-order valence-corrected chi connectivity index (χ4v) is 1.69. The number of hydrogen-bond donors (Lipinski definition) is 2. The monoisotopic (exact) mass is 256 g/mol. The standard InChI is InChI=1S/C15H13FN2O/c16-14-7-13(8-17)5-6-15(14)18-9-11-1-3-12(10-19)4-2-11/h1-7,18-19H,9-10H2. The maximum Gasteiger partial charge on any atom is 0.147 e. The second-order valence-electron chi connectivity index (χ2n) is 4.13. The molecule has 0 radical (unpaired) electrons. The molecule has 0 aliphatic carbocycles. The molecule has 3 nitrogen and oxygen atoms in total. The Bertz CT molecular complexity index is 603. The van der Waals surface area contributed by atoms with E-state index >= 15 is 0 Å². The van der Waals surface area contributed by atoms with Crippen LogP contribution in [-0.4, -0.2) is 5.11 Å². The highest BCUT2D eigenvalue weighted by Crippen LogP contribution is 2.16. The van der Waals surface area contributed by atoms with Gasteiger partial charge in [0.2, 0.25) is 0 Å². The highest BCUT2D eigenvalue weighted by molar-refractivity contribution is 5.49. The number of nitriles is 1. The smallest absolute Gasteiger partial charge is 0.147 e. The third kappa shape index (κ3) is 3.30. The first-order valence-electron chi connectivity index (χ1n) is 5.85. The molecule has 0 spiro atoms. The Morgan fingerprint density at radius 3 is 2.37 bits per heavy atom. The van der Waals surface area contributed by atoms with Crippen molar-refractivity contribution >= 4 is 5.69 Å². The molecular formula is C15H13FN2O. The number of benzene rings is 2. The van der Waals surface area contributed by atoms with Gasteiger partial charge < -0.3 is 10.4 Å². The Balaban J connectivity index is 2.04. The number of halogens is 1. The lowest BCUT2D eigenvalue weighted by atomic mass is 10.1. The van der Waals surface area contributed by atoms with E-state index in [2.05, 4.69) is 5.32 Å². The molecule has 0 saturated heterocycles. The first kappa shape index (κ1) is 13.1. The van der Waals surface area contributed by atoms with Gasteiger partial charge in [0.1, 0.15) is 5.82 Å². The molecule has 0 unspecified atom stereocenters. The fourth-order valence-electron chi connectivity index (χ4n) is 1.69. The SMILES string of the molecule is N#Cc1ccc(NCc2ccc(CO)cc2)c(F)c1. The number of anilines is 1. The second-order valence-corrected chi connectivity index (χ2v) is 4.13. The predicted octanol–water partition coefficient (Wildman–Crippen LogP) is 2.80. The maximum absolute atomic E-state index is 13.6. The molecular weight excluding hydrogens is 243 g/mol. The van der Waals surface area contributed by atoms with Crippen LogP contribution >= 0.6 is 0 Å². The molecule has 0 fully saturated rings. The predicted molar refractivity (Wildman–Crippen MR) is 70.8 cm³/mol. The van der Waals surface area contributed by atoms with Gasteiger partial charge in [0.25, 0.3) is 0 Å². The van der Waals surface area contributed by atoms with Crippen molar-refractivity contribution in [2.24, 2.45) is 0 Å². The molecule has 2 N–H and O–H groups in total. The number of rotatable bonds is 4. The zero-order valence-corrected chi connectivity index (χ0v) is 10.2. The summed E-state index contributed by atoms with van der Waals surface area (Å²) in [6.45, 7) is 0.493. The molecule has 2 aromatic rings. The summed E-state index contributed by atoms with van der Waals surface area (Å²) in [5.41, 5.74) is 2.50. The first-order chi connectivity index (χ1) is 9.22. The van der Waals surface area contributed by atoms with Crippen molar-refractivity contribution in [3.05, 3.63) is 65.0 Å². The lowest BCUT2D eigenvalue weighted by molar-refractivity contribution is 0.282. The van der Waals surface area contributed by atoms with Crippen LogP contribution in [0.1, 0.15) is 16.7 Å². The fraction of sp³-hybridized carbons (Fsp3) is 0.133. The van der Waals surface area contributed by atoms with Crippen molar-refractivity contribution < 1.29 is 9.50 Å². The third-order valence-electron chi connectivity index (χ3n) is 2.79. The van der Waals surface area contributed by atoms with Gasteiger partial charge in [-0.2, -0.15) is 5.26 Å². The van der Waals surface area contributed by atoms with E-state index in [9.17, 15) is 4.39 Å². The van der Waals surface area contributed by atoms with E-state index in [1.165, 1.54) is 6.07 Å². The minimum absolute atomic E-state index is 0.0119. The van der Waals surface area contributed by atoms with Gasteiger partial charge in [-0.05, 0) is 29.3 Å². The van der Waals surface area contributed by atoms with Crippen molar-refractivity contribution in [1.29, 1.82) is 5.26 Å². The van der Waals surface area contributed by atoms with Crippen LogP contribution in [0.2, 0.25) is 0 Å². The summed E-state index contributed by atoms with van der Waals surface area (Å²) in [6, 6.07) is 13.6. The van der Waals surface area contributed by atoms with Gasteiger partial charge >= 0.3 is 0 Å². The van der Waals surface area contributed by atoms with E-state index < -0.39 is 5.82 Å². The van der Waals surface area contributed by atoms with Crippen LogP contribution in [0.3, 0.4) is 0 Å². The Labute approximate surface area is 110 Å². The molecule has 2 rings (SSSR count). The topological polar surface area (TPSA) is 56.0 Å². The second kappa shape index (κ2) is 5.98. The van der Waals surface area contributed by atoms with Crippen molar-refractivity contribution in [3.8, 4) is 6.07 Å². The summed E-state index contributed by atoms with van der Waals surface area (Å²) in [7, 11) is 0. The Morgan fingerprint density at radius 2 is 1.79 bits per heavy atom. The molecule has 0 heterocycles. The van der Waals surface area contributed by atoms with Gasteiger partial charge in [-0.1, -0.05) is 24.3 Å². The summed E-state index contributed by atoms with van der Waals surface area (Å²) in [5.74, 6) is -0.439. The van der Waals surface area contributed by atoms with Gasteiger partial charge in [-0.3, -0.25) is 0 Å². The minimum Gasteiger partial charge on any atom is -0.392 e. The quantitative estimate of drug-likeness (QED) is 0.884. The van der Waals surface area contributed by atoms with Gasteiger partial charge in [0.05, 0.1) is 23.9 Å². The average Bonchev–Trinajstić information content (AvgIpc) is 2.46. The van der Waals surface area contributed by atoms with E-state index in [4.69, 9.17) is 10.4 Å². The van der Waals surface area contributed by atoms with Crippen LogP contribution in [-0.2, 0) is 13.2 Å². The van der Waals surface area contributed by atoms with Crippen molar-refractivity contribution in [1.82, 2.24) is 0 Å². The lowest BCUT2D eigenvalue weighted by Crippen LogP contribution is -2.01. The minimum atomic E-state index is -0.439. The summed E-state index contributed by atoms with van der Waals surface area (Å²) in [4.78, 5) is 0. The molecule has 0 aromatic heterocycles. The summed E-state index contributed by atoms with van der Waals surface area (Å²) in [5, 5.41) is 20.6. The van der Waals surface area contributed by atoms with Gasteiger partial charge in [-0.15, -0.1) is 0 Å². The van der Waals surface area contributed by atoms with E-state index in [-0.39, 0.29) is 6.61 Å². The highest BCUT2D eigenvalue weighted by Gasteiger charge is 2.03. The summed E-state index contributed by atoms with van der Waals surface area (Å²) < 4.78 is 13.6. The van der Waals surface area contributed by atoms with Crippen molar-refractivity contribution in [2.45, 2.75) is 13.2 Å². The van der Waals surface area contributed by atoms with Crippen molar-refractivity contribution in [2.75, 3.05) is 5.32 Å². The number of aliphatic hydroxyl groups is 1. The molecule has 96 valence electrons. The molecule has 2 aromatic carbocycles. The maximum atomic E-state index is 13.6. The van der Waals surface area contributed by atoms with Crippen LogP contribution in [0.15, 0.2) is 42.5 Å². The Morgan fingerprint density at radius 1 is 1.11 bits per heavy atom. The Kier molecular flexibility index (Phi) is 4.11. The van der Waals surface area contributed by atoms with Crippen LogP contribution < -0.4 is 5.32 Å². The highest BCUT2D eigenvalue weighted by atomic mass is 19.1. The molecule has 0 amide bonds. The van der Waals surface area contributed by atoms with E-state index in [1.807, 2.05) is 30.3 Å². The lowest BCUT2D eigenvalue weighted by Gasteiger charge is -2.08. The number of nitrogens with one attached hydrogen (secondary N) is 1. The molecule has 0 saturated carbocycles. The van der Waals surface area contributed by atoms with Crippen LogP contribution in [0, 0.1) is 17.1 Å². The van der Waals surface area contributed by atoms with E-state index in [0.717, 1.165) is 11.1 Å².